The van der Waals surface area contributed by atoms with Crippen molar-refractivity contribution in [3.8, 4) is 0 Å². The molecule has 0 radical (unpaired) electrons. The van der Waals surface area contributed by atoms with Gasteiger partial charge in [0.2, 0.25) is 5.91 Å². The molecule has 0 saturated carbocycles. The molecular formula is C10H21ClN2O. The third-order valence-corrected chi connectivity index (χ3v) is 2.76. The molecule has 1 saturated heterocycles. The minimum absolute atomic E-state index is 0. The van der Waals surface area contributed by atoms with Crippen LogP contribution in [0.25, 0.3) is 0 Å². The predicted octanol–water partition coefficient (Wildman–Crippen LogP) is 1.28. The van der Waals surface area contributed by atoms with E-state index in [9.17, 15) is 4.79 Å². The maximum Gasteiger partial charge on any atom is 0.219 e. The molecule has 0 spiro atoms. The van der Waals surface area contributed by atoms with E-state index in [1.807, 2.05) is 11.8 Å². The zero-order valence-corrected chi connectivity index (χ0v) is 9.90. The molecule has 0 bridgehead atoms. The molecule has 1 aliphatic heterocycles. The third kappa shape index (κ3) is 4.29. The second-order valence-corrected chi connectivity index (χ2v) is 3.75. The fourth-order valence-corrected chi connectivity index (χ4v) is 1.86. The summed E-state index contributed by atoms with van der Waals surface area (Å²) in [6.07, 6.45) is 2.42. The summed E-state index contributed by atoms with van der Waals surface area (Å²) in [5, 5.41) is 3.33. The first-order chi connectivity index (χ1) is 6.24. The summed E-state index contributed by atoms with van der Waals surface area (Å²) in [7, 11) is 0. The predicted molar refractivity (Wildman–Crippen MR) is 60.8 cm³/mol. The molecule has 1 amide bonds. The fourth-order valence-electron chi connectivity index (χ4n) is 1.86. The lowest BCUT2D eigenvalue weighted by Crippen LogP contribution is -2.38. The normalized spacial score (nSPS) is 17.3. The summed E-state index contributed by atoms with van der Waals surface area (Å²) in [5.41, 5.74) is 0. The number of carbonyl (C=O) groups is 1. The molecule has 1 aliphatic rings. The number of hydrogen-bond acceptors (Lipinski definition) is 2. The first-order valence-electron chi connectivity index (χ1n) is 5.20. The largest absolute Gasteiger partial charge is 0.343 e. The van der Waals surface area contributed by atoms with Crippen LogP contribution in [0.2, 0.25) is 0 Å². The Bertz CT molecular complexity index is 170. The molecule has 3 nitrogen and oxygen atoms in total. The topological polar surface area (TPSA) is 32.3 Å². The Balaban J connectivity index is 0.00000169. The summed E-state index contributed by atoms with van der Waals surface area (Å²) in [5.74, 6) is 0.922. The van der Waals surface area contributed by atoms with Crippen LogP contribution in [0.4, 0.5) is 0 Å². The van der Waals surface area contributed by atoms with Gasteiger partial charge in [0.1, 0.15) is 0 Å². The van der Waals surface area contributed by atoms with E-state index in [1.165, 1.54) is 12.8 Å². The van der Waals surface area contributed by atoms with E-state index in [1.54, 1.807) is 6.92 Å². The van der Waals surface area contributed by atoms with E-state index < -0.39 is 0 Å². The van der Waals surface area contributed by atoms with Gasteiger partial charge in [-0.05, 0) is 38.8 Å². The van der Waals surface area contributed by atoms with Crippen molar-refractivity contribution in [2.75, 3.05) is 26.2 Å². The van der Waals surface area contributed by atoms with Gasteiger partial charge in [0, 0.05) is 20.0 Å². The summed E-state index contributed by atoms with van der Waals surface area (Å²) in [6.45, 7) is 7.72. The smallest absolute Gasteiger partial charge is 0.219 e. The highest BCUT2D eigenvalue weighted by Gasteiger charge is 2.17. The van der Waals surface area contributed by atoms with Gasteiger partial charge in [-0.2, -0.15) is 0 Å². The summed E-state index contributed by atoms with van der Waals surface area (Å²) in [4.78, 5) is 13.1. The van der Waals surface area contributed by atoms with Crippen LogP contribution < -0.4 is 5.32 Å². The number of nitrogens with one attached hydrogen (secondary N) is 1. The van der Waals surface area contributed by atoms with Gasteiger partial charge >= 0.3 is 0 Å². The zero-order chi connectivity index (χ0) is 9.68. The standard InChI is InChI=1S/C10H20N2O.ClH/c1-3-12(9(2)13)8-10-4-6-11-7-5-10;/h10-11H,3-8H2,1-2H3;1H. The molecule has 0 aliphatic carbocycles. The molecule has 1 heterocycles. The van der Waals surface area contributed by atoms with Crippen LogP contribution in [0.5, 0.6) is 0 Å². The second kappa shape index (κ2) is 7.07. The van der Waals surface area contributed by atoms with Gasteiger partial charge in [-0.3, -0.25) is 4.79 Å². The molecule has 84 valence electrons. The quantitative estimate of drug-likeness (QED) is 0.777. The van der Waals surface area contributed by atoms with Gasteiger partial charge < -0.3 is 10.2 Å². The fraction of sp³-hybridized carbons (Fsp3) is 0.900. The van der Waals surface area contributed by atoms with Crippen molar-refractivity contribution >= 4 is 18.3 Å². The SMILES string of the molecule is CCN(CC1CCNCC1)C(C)=O.Cl. The molecule has 0 aromatic heterocycles. The maximum absolute atomic E-state index is 11.2. The molecular weight excluding hydrogens is 200 g/mol. The van der Waals surface area contributed by atoms with Gasteiger partial charge in [0.05, 0.1) is 0 Å². The number of hydrogen-bond donors (Lipinski definition) is 1. The van der Waals surface area contributed by atoms with Gasteiger partial charge in [0.15, 0.2) is 0 Å². The van der Waals surface area contributed by atoms with Crippen molar-refractivity contribution < 1.29 is 4.79 Å². The van der Waals surface area contributed by atoms with E-state index in [-0.39, 0.29) is 18.3 Å². The van der Waals surface area contributed by atoms with E-state index in [4.69, 9.17) is 0 Å². The number of nitrogens with zero attached hydrogens (tertiary/aromatic N) is 1. The maximum atomic E-state index is 11.2. The number of piperidine rings is 1. The first-order valence-corrected chi connectivity index (χ1v) is 5.20. The second-order valence-electron chi connectivity index (χ2n) is 3.75. The van der Waals surface area contributed by atoms with Crippen molar-refractivity contribution in [1.29, 1.82) is 0 Å². The molecule has 14 heavy (non-hydrogen) atoms. The molecule has 4 heteroatoms. The number of amides is 1. The molecule has 0 aromatic rings. The Morgan fingerprint density at radius 3 is 2.43 bits per heavy atom. The van der Waals surface area contributed by atoms with Crippen LogP contribution >= 0.6 is 12.4 Å². The van der Waals surface area contributed by atoms with Crippen LogP contribution in [0.15, 0.2) is 0 Å². The Kier molecular flexibility index (Phi) is 6.93. The van der Waals surface area contributed by atoms with Gasteiger partial charge in [-0.15, -0.1) is 12.4 Å². The Morgan fingerprint density at radius 1 is 1.43 bits per heavy atom. The average molecular weight is 221 g/mol. The monoisotopic (exact) mass is 220 g/mol. The Hall–Kier alpha value is -0.280. The first kappa shape index (κ1) is 13.7. The van der Waals surface area contributed by atoms with Crippen molar-refractivity contribution in [2.45, 2.75) is 26.7 Å². The van der Waals surface area contributed by atoms with Crippen molar-refractivity contribution in [2.24, 2.45) is 5.92 Å². The van der Waals surface area contributed by atoms with Crippen LogP contribution in [-0.4, -0.2) is 37.0 Å². The molecule has 0 unspecified atom stereocenters. The number of rotatable bonds is 3. The van der Waals surface area contributed by atoms with Gasteiger partial charge in [-0.1, -0.05) is 0 Å². The summed E-state index contributed by atoms with van der Waals surface area (Å²) in [6, 6.07) is 0. The summed E-state index contributed by atoms with van der Waals surface area (Å²) < 4.78 is 0. The van der Waals surface area contributed by atoms with Crippen LogP contribution in [0, 0.1) is 5.92 Å². The average Bonchev–Trinajstić information content (AvgIpc) is 2.15. The molecule has 0 aromatic carbocycles. The van der Waals surface area contributed by atoms with E-state index in [0.717, 1.165) is 26.2 Å². The highest BCUT2D eigenvalue weighted by atomic mass is 35.5. The summed E-state index contributed by atoms with van der Waals surface area (Å²) >= 11 is 0. The van der Waals surface area contributed by atoms with Crippen LogP contribution in [-0.2, 0) is 4.79 Å². The van der Waals surface area contributed by atoms with E-state index >= 15 is 0 Å². The van der Waals surface area contributed by atoms with Crippen LogP contribution in [0.3, 0.4) is 0 Å². The molecule has 1 rings (SSSR count). The van der Waals surface area contributed by atoms with E-state index in [0.29, 0.717) is 5.92 Å². The molecule has 1 N–H and O–H groups in total. The highest BCUT2D eigenvalue weighted by Crippen LogP contribution is 2.13. The molecule has 1 fully saturated rings. The number of halogens is 1. The van der Waals surface area contributed by atoms with Crippen molar-refractivity contribution in [3.05, 3.63) is 0 Å². The van der Waals surface area contributed by atoms with E-state index in [2.05, 4.69) is 5.32 Å². The van der Waals surface area contributed by atoms with Crippen LogP contribution in [0.1, 0.15) is 26.7 Å². The zero-order valence-electron chi connectivity index (χ0n) is 9.08. The van der Waals surface area contributed by atoms with Gasteiger partial charge in [0.25, 0.3) is 0 Å². The Morgan fingerprint density at radius 2 is 2.00 bits per heavy atom. The van der Waals surface area contributed by atoms with Crippen molar-refractivity contribution in [1.82, 2.24) is 10.2 Å². The third-order valence-electron chi connectivity index (χ3n) is 2.76. The van der Waals surface area contributed by atoms with Gasteiger partial charge in [-0.25, -0.2) is 0 Å². The highest BCUT2D eigenvalue weighted by molar-refractivity contribution is 5.85. The Labute approximate surface area is 92.6 Å². The lowest BCUT2D eigenvalue weighted by Gasteiger charge is -2.28. The lowest BCUT2D eigenvalue weighted by atomic mass is 9.97. The number of carbonyl (C=O) groups excluding carboxylic acids is 1. The van der Waals surface area contributed by atoms with Crippen molar-refractivity contribution in [3.63, 3.8) is 0 Å². The molecule has 0 atom stereocenters. The minimum Gasteiger partial charge on any atom is -0.343 e. The lowest BCUT2D eigenvalue weighted by molar-refractivity contribution is -0.129. The minimum atomic E-state index is 0.